The van der Waals surface area contributed by atoms with Gasteiger partial charge in [0.15, 0.2) is 0 Å². The van der Waals surface area contributed by atoms with Gasteiger partial charge in [-0.1, -0.05) is 20.3 Å². The average Bonchev–Trinajstić information content (AvgIpc) is 2.36. The van der Waals surface area contributed by atoms with E-state index in [2.05, 4.69) is 19.2 Å². The molecule has 0 spiro atoms. The highest BCUT2D eigenvalue weighted by molar-refractivity contribution is 7.85. The first-order valence-corrected chi connectivity index (χ1v) is 8.11. The van der Waals surface area contributed by atoms with E-state index in [9.17, 15) is 13.0 Å². The van der Waals surface area contributed by atoms with Crippen LogP contribution in [0.2, 0.25) is 0 Å². The normalized spacial score (nSPS) is 27.2. The summed E-state index contributed by atoms with van der Waals surface area (Å²) in [7, 11) is 0.380. The number of benzene rings is 1. The smallest absolute Gasteiger partial charge is 0.142 e. The average molecular weight is 301 g/mol. The van der Waals surface area contributed by atoms with Crippen LogP contribution in [0.25, 0.3) is 0 Å². The Bertz CT molecular complexity index is 519. The lowest BCUT2D eigenvalue weighted by Crippen LogP contribution is -2.52. The predicted octanol–water partition coefficient (Wildman–Crippen LogP) is 3.24. The molecule has 3 unspecified atom stereocenters. The van der Waals surface area contributed by atoms with Crippen molar-refractivity contribution in [1.29, 1.82) is 0 Å². The molecular weight excluding hydrogens is 280 g/mol. The second-order valence-electron chi connectivity index (χ2n) is 6.06. The molecule has 5 heteroatoms. The minimum Gasteiger partial charge on any atom is -0.315 e. The van der Waals surface area contributed by atoms with Gasteiger partial charge in [0.1, 0.15) is 11.6 Å². The second kappa shape index (κ2) is 5.90. The SMILES string of the molecule is CNC1C(S(=O)c2ccc(F)cc2F)CCCC1(C)C. The van der Waals surface area contributed by atoms with E-state index in [1.807, 2.05) is 7.05 Å². The third kappa shape index (κ3) is 2.93. The third-order valence-corrected chi connectivity index (χ3v) is 6.04. The molecule has 1 aromatic rings. The number of hydrogen-bond donors (Lipinski definition) is 1. The van der Waals surface area contributed by atoms with E-state index in [0.29, 0.717) is 0 Å². The van der Waals surface area contributed by atoms with Crippen molar-refractivity contribution in [3.05, 3.63) is 29.8 Å². The van der Waals surface area contributed by atoms with E-state index in [-0.39, 0.29) is 21.6 Å². The Morgan fingerprint density at radius 2 is 2.05 bits per heavy atom. The summed E-state index contributed by atoms with van der Waals surface area (Å²) >= 11 is 0. The van der Waals surface area contributed by atoms with Crippen LogP contribution < -0.4 is 5.32 Å². The lowest BCUT2D eigenvalue weighted by atomic mass is 9.73. The number of halogens is 2. The lowest BCUT2D eigenvalue weighted by Gasteiger charge is -2.43. The predicted molar refractivity (Wildman–Crippen MR) is 77.0 cm³/mol. The minimum atomic E-state index is -1.47. The van der Waals surface area contributed by atoms with Gasteiger partial charge in [-0.15, -0.1) is 0 Å². The van der Waals surface area contributed by atoms with Gasteiger partial charge in [0.25, 0.3) is 0 Å². The van der Waals surface area contributed by atoms with Crippen LogP contribution in [0.5, 0.6) is 0 Å². The molecule has 1 saturated carbocycles. The van der Waals surface area contributed by atoms with Crippen LogP contribution in [-0.2, 0) is 10.8 Å². The highest BCUT2D eigenvalue weighted by atomic mass is 32.2. The van der Waals surface area contributed by atoms with Crippen molar-refractivity contribution in [3.8, 4) is 0 Å². The molecule has 112 valence electrons. The van der Waals surface area contributed by atoms with E-state index in [1.165, 1.54) is 12.1 Å². The Morgan fingerprint density at radius 3 is 2.65 bits per heavy atom. The minimum absolute atomic E-state index is 0.0177. The van der Waals surface area contributed by atoms with Crippen LogP contribution in [0, 0.1) is 17.0 Å². The Labute approximate surface area is 121 Å². The molecule has 2 nitrogen and oxygen atoms in total. The topological polar surface area (TPSA) is 29.1 Å². The molecule has 1 fully saturated rings. The summed E-state index contributed by atoms with van der Waals surface area (Å²) in [5, 5.41) is 3.09. The van der Waals surface area contributed by atoms with Gasteiger partial charge >= 0.3 is 0 Å². The number of rotatable bonds is 3. The Morgan fingerprint density at radius 1 is 1.35 bits per heavy atom. The standard InChI is InChI=1S/C15H21F2NOS/c1-15(2)8-4-5-13(14(15)18-3)20(19)12-7-6-10(16)9-11(12)17/h6-7,9,13-14,18H,4-5,8H2,1-3H3. The largest absolute Gasteiger partial charge is 0.315 e. The van der Waals surface area contributed by atoms with E-state index in [1.54, 1.807) is 0 Å². The van der Waals surface area contributed by atoms with E-state index in [0.717, 1.165) is 25.3 Å². The molecule has 0 amide bonds. The molecule has 1 N–H and O–H groups in total. The monoisotopic (exact) mass is 301 g/mol. The zero-order valence-corrected chi connectivity index (χ0v) is 12.9. The Hall–Kier alpha value is -0.810. The van der Waals surface area contributed by atoms with Crippen molar-refractivity contribution in [2.75, 3.05) is 7.05 Å². The van der Waals surface area contributed by atoms with Crippen LogP contribution in [0.4, 0.5) is 8.78 Å². The molecule has 0 aromatic heterocycles. The summed E-state index contributed by atoms with van der Waals surface area (Å²) < 4.78 is 39.5. The molecule has 1 aliphatic rings. The summed E-state index contributed by atoms with van der Waals surface area (Å²) in [5.41, 5.74) is 0.0177. The van der Waals surface area contributed by atoms with Crippen molar-refractivity contribution in [3.63, 3.8) is 0 Å². The Balaban J connectivity index is 2.31. The van der Waals surface area contributed by atoms with Gasteiger partial charge in [-0.3, -0.25) is 4.21 Å². The van der Waals surface area contributed by atoms with Gasteiger partial charge in [0.05, 0.1) is 20.9 Å². The zero-order valence-electron chi connectivity index (χ0n) is 12.1. The van der Waals surface area contributed by atoms with Crippen LogP contribution >= 0.6 is 0 Å². The fourth-order valence-electron chi connectivity index (χ4n) is 3.19. The van der Waals surface area contributed by atoms with Crippen LogP contribution in [-0.4, -0.2) is 22.5 Å². The lowest BCUT2D eigenvalue weighted by molar-refractivity contribution is 0.180. The highest BCUT2D eigenvalue weighted by Crippen LogP contribution is 2.39. The maximum absolute atomic E-state index is 13.8. The summed E-state index contributed by atoms with van der Waals surface area (Å²) in [4.78, 5) is 0.106. The van der Waals surface area contributed by atoms with Crippen molar-refractivity contribution in [1.82, 2.24) is 5.32 Å². The second-order valence-corrected chi connectivity index (χ2v) is 7.70. The first-order chi connectivity index (χ1) is 9.36. The molecule has 3 atom stereocenters. The molecule has 0 radical (unpaired) electrons. The third-order valence-electron chi connectivity index (χ3n) is 4.22. The number of nitrogens with one attached hydrogen (secondary N) is 1. The zero-order chi connectivity index (χ0) is 14.9. The summed E-state index contributed by atoms with van der Waals surface area (Å²) in [6.07, 6.45) is 2.82. The van der Waals surface area contributed by atoms with Crippen molar-refractivity contribution >= 4 is 10.8 Å². The van der Waals surface area contributed by atoms with Gasteiger partial charge in [-0.05, 0) is 37.4 Å². The summed E-state index contributed by atoms with van der Waals surface area (Å²) in [6.45, 7) is 4.27. The molecular formula is C15H21F2NOS. The van der Waals surface area contributed by atoms with Gasteiger partial charge < -0.3 is 5.32 Å². The molecule has 0 heterocycles. The van der Waals surface area contributed by atoms with Gasteiger partial charge in [0.2, 0.25) is 0 Å². The molecule has 0 aliphatic heterocycles. The maximum Gasteiger partial charge on any atom is 0.142 e. The van der Waals surface area contributed by atoms with E-state index >= 15 is 0 Å². The molecule has 1 aromatic carbocycles. The van der Waals surface area contributed by atoms with Crippen LogP contribution in [0.15, 0.2) is 23.1 Å². The van der Waals surface area contributed by atoms with Gasteiger partial charge in [-0.2, -0.15) is 0 Å². The van der Waals surface area contributed by atoms with Gasteiger partial charge in [-0.25, -0.2) is 8.78 Å². The van der Waals surface area contributed by atoms with Gasteiger partial charge in [0, 0.05) is 12.1 Å². The molecule has 20 heavy (non-hydrogen) atoms. The first-order valence-electron chi connectivity index (χ1n) is 6.89. The van der Waals surface area contributed by atoms with E-state index in [4.69, 9.17) is 0 Å². The van der Waals surface area contributed by atoms with Crippen molar-refractivity contribution in [2.45, 2.75) is 49.3 Å². The fraction of sp³-hybridized carbons (Fsp3) is 0.600. The molecule has 2 rings (SSSR count). The number of hydrogen-bond acceptors (Lipinski definition) is 2. The maximum atomic E-state index is 13.8. The molecule has 0 bridgehead atoms. The molecule has 1 aliphatic carbocycles. The summed E-state index contributed by atoms with van der Waals surface area (Å²) in [5.74, 6) is -1.36. The quantitative estimate of drug-likeness (QED) is 0.928. The Kier molecular flexibility index (Phi) is 4.59. The van der Waals surface area contributed by atoms with Crippen molar-refractivity contribution in [2.24, 2.45) is 5.41 Å². The summed E-state index contributed by atoms with van der Waals surface area (Å²) in [6, 6.07) is 3.32. The van der Waals surface area contributed by atoms with E-state index < -0.39 is 22.4 Å². The van der Waals surface area contributed by atoms with Crippen LogP contribution in [0.1, 0.15) is 33.1 Å². The fourth-order valence-corrected chi connectivity index (χ4v) is 5.10. The first kappa shape index (κ1) is 15.6. The highest BCUT2D eigenvalue weighted by Gasteiger charge is 2.41. The molecule has 0 saturated heterocycles. The van der Waals surface area contributed by atoms with Crippen LogP contribution in [0.3, 0.4) is 0 Å². The van der Waals surface area contributed by atoms with Crippen molar-refractivity contribution < 1.29 is 13.0 Å².